The van der Waals surface area contributed by atoms with Gasteiger partial charge in [0.05, 0.1) is 23.1 Å². The summed E-state index contributed by atoms with van der Waals surface area (Å²) in [6.45, 7) is 10.1. The zero-order valence-electron chi connectivity index (χ0n) is 16.9. The van der Waals surface area contributed by atoms with E-state index in [0.29, 0.717) is 5.02 Å². The van der Waals surface area contributed by atoms with Crippen LogP contribution < -0.4 is 5.32 Å². The third-order valence-electron chi connectivity index (χ3n) is 5.21. The van der Waals surface area contributed by atoms with Crippen LogP contribution in [0.3, 0.4) is 0 Å². The van der Waals surface area contributed by atoms with Gasteiger partial charge in [0.15, 0.2) is 5.65 Å². The Labute approximate surface area is 171 Å². The van der Waals surface area contributed by atoms with Crippen LogP contribution in [-0.2, 0) is 10.2 Å². The summed E-state index contributed by atoms with van der Waals surface area (Å²) in [5, 5.41) is 9.05. The zero-order chi connectivity index (χ0) is 19.9. The number of aromatic nitrogens is 3. The first-order valence-corrected chi connectivity index (χ1v) is 10.2. The largest absolute Gasteiger partial charge is 0.376 e. The normalized spacial score (nSPS) is 17.4. The number of rotatable bonds is 4. The van der Waals surface area contributed by atoms with Crippen molar-refractivity contribution in [2.24, 2.45) is 0 Å². The first kappa shape index (κ1) is 19.2. The van der Waals surface area contributed by atoms with Crippen molar-refractivity contribution in [3.05, 3.63) is 46.7 Å². The molecule has 6 heteroatoms. The minimum Gasteiger partial charge on any atom is -0.376 e. The molecule has 2 aromatic heterocycles. The lowest BCUT2D eigenvalue weighted by atomic mass is 9.92. The molecule has 1 aliphatic heterocycles. The van der Waals surface area contributed by atoms with Gasteiger partial charge >= 0.3 is 0 Å². The van der Waals surface area contributed by atoms with E-state index in [4.69, 9.17) is 26.4 Å². The minimum atomic E-state index is -0.0854. The van der Waals surface area contributed by atoms with Gasteiger partial charge in [-0.3, -0.25) is 0 Å². The van der Waals surface area contributed by atoms with Gasteiger partial charge in [-0.15, -0.1) is 0 Å². The standard InChI is InChI=1S/C22H27ClN4O/c1-14-20(16-9-5-6-10-17(16)23)21-25-18(22(2,3)4)12-19(27(21)26-14)24-13-15-8-7-11-28-15/h5-6,9-10,12,15,24H,7-8,11,13H2,1-4H3. The summed E-state index contributed by atoms with van der Waals surface area (Å²) >= 11 is 6.51. The molecule has 1 N–H and O–H groups in total. The second-order valence-electron chi connectivity index (χ2n) is 8.47. The number of ether oxygens (including phenoxy) is 1. The highest BCUT2D eigenvalue weighted by atomic mass is 35.5. The minimum absolute atomic E-state index is 0.0854. The van der Waals surface area contributed by atoms with E-state index in [0.717, 1.165) is 60.0 Å². The van der Waals surface area contributed by atoms with Crippen molar-refractivity contribution in [2.75, 3.05) is 18.5 Å². The first-order chi connectivity index (χ1) is 13.3. The van der Waals surface area contributed by atoms with Gasteiger partial charge in [-0.2, -0.15) is 9.61 Å². The number of benzene rings is 1. The number of hydrogen-bond donors (Lipinski definition) is 1. The molecule has 0 spiro atoms. The van der Waals surface area contributed by atoms with Crippen LogP contribution in [-0.4, -0.2) is 33.9 Å². The van der Waals surface area contributed by atoms with E-state index in [9.17, 15) is 0 Å². The number of aryl methyl sites for hydroxylation is 1. The van der Waals surface area contributed by atoms with Crippen LogP contribution >= 0.6 is 11.6 Å². The van der Waals surface area contributed by atoms with E-state index in [2.05, 4.69) is 32.2 Å². The van der Waals surface area contributed by atoms with Gasteiger partial charge in [0, 0.05) is 35.2 Å². The summed E-state index contributed by atoms with van der Waals surface area (Å²) in [6.07, 6.45) is 2.47. The summed E-state index contributed by atoms with van der Waals surface area (Å²) in [7, 11) is 0. The van der Waals surface area contributed by atoms with Crippen molar-refractivity contribution < 1.29 is 4.74 Å². The SMILES string of the molecule is Cc1nn2c(NCC3CCCO3)cc(C(C)(C)C)nc2c1-c1ccccc1Cl. The second-order valence-corrected chi connectivity index (χ2v) is 8.88. The Morgan fingerprint density at radius 1 is 1.29 bits per heavy atom. The first-order valence-electron chi connectivity index (χ1n) is 9.86. The van der Waals surface area contributed by atoms with Crippen LogP contribution in [0.5, 0.6) is 0 Å². The van der Waals surface area contributed by atoms with E-state index in [1.807, 2.05) is 35.7 Å². The fourth-order valence-electron chi connectivity index (χ4n) is 3.64. The summed E-state index contributed by atoms with van der Waals surface area (Å²) in [6, 6.07) is 9.97. The number of nitrogens with one attached hydrogen (secondary N) is 1. The summed E-state index contributed by atoms with van der Waals surface area (Å²) in [5.41, 5.74) is 4.61. The van der Waals surface area contributed by atoms with Gasteiger partial charge in [0.25, 0.3) is 0 Å². The monoisotopic (exact) mass is 398 g/mol. The molecule has 3 heterocycles. The Bertz CT molecular complexity index is 1000. The predicted molar refractivity (Wildman–Crippen MR) is 114 cm³/mol. The molecule has 28 heavy (non-hydrogen) atoms. The molecule has 1 fully saturated rings. The average Bonchev–Trinajstić information content (AvgIpc) is 3.26. The van der Waals surface area contributed by atoms with Crippen molar-refractivity contribution in [1.29, 1.82) is 0 Å². The molecule has 1 saturated heterocycles. The van der Waals surface area contributed by atoms with Gasteiger partial charge in [0.2, 0.25) is 0 Å². The van der Waals surface area contributed by atoms with E-state index in [-0.39, 0.29) is 11.5 Å². The third-order valence-corrected chi connectivity index (χ3v) is 5.54. The van der Waals surface area contributed by atoms with Gasteiger partial charge < -0.3 is 10.1 Å². The molecule has 4 rings (SSSR count). The van der Waals surface area contributed by atoms with E-state index in [1.54, 1.807) is 0 Å². The molecule has 1 atom stereocenters. The van der Waals surface area contributed by atoms with Gasteiger partial charge in [-0.25, -0.2) is 4.98 Å². The second kappa shape index (κ2) is 7.37. The van der Waals surface area contributed by atoms with Gasteiger partial charge in [-0.1, -0.05) is 50.6 Å². The molecule has 5 nitrogen and oxygen atoms in total. The number of nitrogens with zero attached hydrogens (tertiary/aromatic N) is 3. The van der Waals surface area contributed by atoms with E-state index in [1.165, 1.54) is 0 Å². The number of hydrogen-bond acceptors (Lipinski definition) is 4. The molecule has 1 aliphatic rings. The number of anilines is 1. The van der Waals surface area contributed by atoms with Crippen molar-refractivity contribution >= 4 is 23.1 Å². The molecular formula is C22H27ClN4O. The average molecular weight is 399 g/mol. The predicted octanol–water partition coefficient (Wildman–Crippen LogP) is 5.25. The van der Waals surface area contributed by atoms with Crippen LogP contribution in [0.2, 0.25) is 5.02 Å². The molecule has 1 aromatic carbocycles. The van der Waals surface area contributed by atoms with Crippen LogP contribution in [0, 0.1) is 6.92 Å². The molecular weight excluding hydrogens is 372 g/mol. The van der Waals surface area contributed by atoms with Gasteiger partial charge in [0.1, 0.15) is 5.82 Å². The van der Waals surface area contributed by atoms with Crippen LogP contribution in [0.25, 0.3) is 16.8 Å². The van der Waals surface area contributed by atoms with Crippen molar-refractivity contribution in [3.63, 3.8) is 0 Å². The van der Waals surface area contributed by atoms with Crippen LogP contribution in [0.4, 0.5) is 5.82 Å². The van der Waals surface area contributed by atoms with Gasteiger partial charge in [-0.05, 0) is 25.8 Å². The lowest BCUT2D eigenvalue weighted by Gasteiger charge is -2.20. The number of halogens is 1. The summed E-state index contributed by atoms with van der Waals surface area (Å²) in [5.74, 6) is 0.937. The Balaban J connectivity index is 1.86. The maximum atomic E-state index is 6.51. The Hall–Kier alpha value is -2.11. The molecule has 0 amide bonds. The lowest BCUT2D eigenvalue weighted by molar-refractivity contribution is 0.120. The Morgan fingerprint density at radius 2 is 2.07 bits per heavy atom. The molecule has 0 aliphatic carbocycles. The maximum absolute atomic E-state index is 6.51. The van der Waals surface area contributed by atoms with Crippen molar-refractivity contribution in [1.82, 2.24) is 14.6 Å². The van der Waals surface area contributed by atoms with Crippen molar-refractivity contribution in [3.8, 4) is 11.1 Å². The highest BCUT2D eigenvalue weighted by Gasteiger charge is 2.23. The molecule has 1 unspecified atom stereocenters. The summed E-state index contributed by atoms with van der Waals surface area (Å²) < 4.78 is 7.67. The van der Waals surface area contributed by atoms with Crippen molar-refractivity contribution in [2.45, 2.75) is 52.1 Å². The molecule has 148 valence electrons. The van der Waals surface area contributed by atoms with Crippen LogP contribution in [0.15, 0.2) is 30.3 Å². The zero-order valence-corrected chi connectivity index (χ0v) is 17.7. The quantitative estimate of drug-likeness (QED) is 0.652. The smallest absolute Gasteiger partial charge is 0.165 e. The lowest BCUT2D eigenvalue weighted by Crippen LogP contribution is -2.21. The summed E-state index contributed by atoms with van der Waals surface area (Å²) in [4.78, 5) is 5.00. The topological polar surface area (TPSA) is 51.5 Å². The fourth-order valence-corrected chi connectivity index (χ4v) is 3.87. The fraction of sp³-hybridized carbons (Fsp3) is 0.455. The maximum Gasteiger partial charge on any atom is 0.165 e. The molecule has 0 radical (unpaired) electrons. The highest BCUT2D eigenvalue weighted by Crippen LogP contribution is 2.35. The molecule has 0 bridgehead atoms. The Morgan fingerprint density at radius 3 is 2.75 bits per heavy atom. The molecule has 3 aromatic rings. The van der Waals surface area contributed by atoms with Crippen LogP contribution in [0.1, 0.15) is 45.0 Å². The van der Waals surface area contributed by atoms with E-state index >= 15 is 0 Å². The highest BCUT2D eigenvalue weighted by molar-refractivity contribution is 6.33. The number of fused-ring (bicyclic) bond motifs is 1. The third kappa shape index (κ3) is 3.61. The van der Waals surface area contributed by atoms with E-state index < -0.39 is 0 Å². The Kier molecular flexibility index (Phi) is 5.06. The molecule has 0 saturated carbocycles.